The van der Waals surface area contributed by atoms with Crippen LogP contribution in [0.1, 0.15) is 23.1 Å². The SMILES string of the molecule is Cc1ccc(Cn2cnc(NC(=O)CCn3cc(C)cn3)n2)cc1. The quantitative estimate of drug-likeness (QED) is 0.754. The summed E-state index contributed by atoms with van der Waals surface area (Å²) in [6.07, 6.45) is 5.62. The van der Waals surface area contributed by atoms with Crippen LogP contribution >= 0.6 is 0 Å². The van der Waals surface area contributed by atoms with Crippen LogP contribution < -0.4 is 5.32 Å². The molecule has 0 aliphatic carbocycles. The van der Waals surface area contributed by atoms with E-state index in [4.69, 9.17) is 0 Å². The highest BCUT2D eigenvalue weighted by molar-refractivity contribution is 5.88. The zero-order chi connectivity index (χ0) is 16.9. The molecular weight excluding hydrogens is 304 g/mol. The number of benzene rings is 1. The van der Waals surface area contributed by atoms with E-state index >= 15 is 0 Å². The van der Waals surface area contributed by atoms with Crippen LogP contribution in [-0.4, -0.2) is 30.5 Å². The molecule has 0 radical (unpaired) electrons. The van der Waals surface area contributed by atoms with Gasteiger partial charge in [-0.05, 0) is 25.0 Å². The van der Waals surface area contributed by atoms with E-state index in [-0.39, 0.29) is 5.91 Å². The van der Waals surface area contributed by atoms with Crippen molar-refractivity contribution in [3.63, 3.8) is 0 Å². The average Bonchev–Trinajstić information content (AvgIpc) is 3.17. The van der Waals surface area contributed by atoms with Gasteiger partial charge in [0.25, 0.3) is 0 Å². The van der Waals surface area contributed by atoms with Gasteiger partial charge in [0.1, 0.15) is 6.33 Å². The largest absolute Gasteiger partial charge is 0.293 e. The fraction of sp³-hybridized carbons (Fsp3) is 0.294. The molecule has 0 atom stereocenters. The molecule has 2 heterocycles. The van der Waals surface area contributed by atoms with Crippen LogP contribution in [0.5, 0.6) is 0 Å². The Balaban J connectivity index is 1.51. The molecule has 1 amide bonds. The number of nitrogens with zero attached hydrogens (tertiary/aromatic N) is 5. The molecule has 0 aliphatic heterocycles. The number of carbonyl (C=O) groups is 1. The van der Waals surface area contributed by atoms with Crippen LogP contribution in [0, 0.1) is 13.8 Å². The molecule has 24 heavy (non-hydrogen) atoms. The Morgan fingerprint density at radius 1 is 1.12 bits per heavy atom. The van der Waals surface area contributed by atoms with E-state index in [1.807, 2.05) is 13.1 Å². The molecule has 2 aromatic heterocycles. The van der Waals surface area contributed by atoms with Gasteiger partial charge >= 0.3 is 0 Å². The van der Waals surface area contributed by atoms with Crippen molar-refractivity contribution in [3.8, 4) is 0 Å². The number of nitrogens with one attached hydrogen (secondary N) is 1. The van der Waals surface area contributed by atoms with Crippen LogP contribution in [0.4, 0.5) is 5.95 Å². The molecule has 0 aliphatic rings. The highest BCUT2D eigenvalue weighted by Crippen LogP contribution is 2.06. The smallest absolute Gasteiger partial charge is 0.248 e. The first kappa shape index (κ1) is 15.9. The Bertz CT molecular complexity index is 818. The molecule has 1 N–H and O–H groups in total. The molecule has 0 fully saturated rings. The van der Waals surface area contributed by atoms with E-state index in [2.05, 4.69) is 51.7 Å². The molecule has 124 valence electrons. The summed E-state index contributed by atoms with van der Waals surface area (Å²) in [6, 6.07) is 8.24. The fourth-order valence-electron chi connectivity index (χ4n) is 2.30. The summed E-state index contributed by atoms with van der Waals surface area (Å²) in [5.74, 6) is 0.194. The molecule has 0 saturated heterocycles. The van der Waals surface area contributed by atoms with Gasteiger partial charge in [-0.3, -0.25) is 14.8 Å². The molecule has 0 saturated carbocycles. The third-order valence-corrected chi connectivity index (χ3v) is 3.58. The van der Waals surface area contributed by atoms with Crippen molar-refractivity contribution in [2.75, 3.05) is 5.32 Å². The minimum atomic E-state index is -0.128. The average molecular weight is 324 g/mol. The van der Waals surface area contributed by atoms with Crippen LogP contribution in [0.3, 0.4) is 0 Å². The summed E-state index contributed by atoms with van der Waals surface area (Å²) >= 11 is 0. The maximum Gasteiger partial charge on any atom is 0.248 e. The van der Waals surface area contributed by atoms with Gasteiger partial charge in [0.2, 0.25) is 11.9 Å². The van der Waals surface area contributed by atoms with E-state index in [0.717, 1.165) is 11.1 Å². The maximum atomic E-state index is 12.0. The van der Waals surface area contributed by atoms with Gasteiger partial charge in [0.15, 0.2) is 0 Å². The number of rotatable bonds is 6. The third kappa shape index (κ3) is 4.28. The zero-order valence-corrected chi connectivity index (χ0v) is 13.8. The standard InChI is InChI=1S/C17H20N6O/c1-13-3-5-15(6-4-13)11-23-12-18-17(21-23)20-16(24)7-8-22-10-14(2)9-19-22/h3-6,9-10,12H,7-8,11H2,1-2H3,(H,20,21,24). The number of carbonyl (C=O) groups excluding carboxylic acids is 1. The van der Waals surface area contributed by atoms with Crippen LogP contribution in [-0.2, 0) is 17.9 Å². The molecule has 0 spiro atoms. The molecule has 3 rings (SSSR count). The van der Waals surface area contributed by atoms with Gasteiger partial charge in [-0.1, -0.05) is 29.8 Å². The molecule has 1 aromatic carbocycles. The summed E-state index contributed by atoms with van der Waals surface area (Å²) in [5.41, 5.74) is 3.43. The summed E-state index contributed by atoms with van der Waals surface area (Å²) in [6.45, 7) is 5.17. The van der Waals surface area contributed by atoms with Gasteiger partial charge in [0, 0.05) is 19.2 Å². The number of amides is 1. The first-order valence-corrected chi connectivity index (χ1v) is 7.82. The Kier molecular flexibility index (Phi) is 4.69. The second-order valence-electron chi connectivity index (χ2n) is 5.83. The second kappa shape index (κ2) is 7.08. The summed E-state index contributed by atoms with van der Waals surface area (Å²) in [7, 11) is 0. The van der Waals surface area contributed by atoms with E-state index in [1.54, 1.807) is 21.9 Å². The Morgan fingerprint density at radius 3 is 2.62 bits per heavy atom. The number of hydrogen-bond donors (Lipinski definition) is 1. The van der Waals surface area contributed by atoms with E-state index in [0.29, 0.717) is 25.5 Å². The maximum absolute atomic E-state index is 12.0. The lowest BCUT2D eigenvalue weighted by Gasteiger charge is -2.03. The predicted octanol–water partition coefficient (Wildman–Crippen LogP) is 2.17. The number of anilines is 1. The highest BCUT2D eigenvalue weighted by Gasteiger charge is 2.07. The molecular formula is C17H20N6O. The zero-order valence-electron chi connectivity index (χ0n) is 13.8. The monoisotopic (exact) mass is 324 g/mol. The van der Waals surface area contributed by atoms with Gasteiger partial charge in [-0.25, -0.2) is 9.67 Å². The van der Waals surface area contributed by atoms with Crippen molar-refractivity contribution in [2.45, 2.75) is 33.4 Å². The highest BCUT2D eigenvalue weighted by atomic mass is 16.1. The molecule has 0 unspecified atom stereocenters. The van der Waals surface area contributed by atoms with Gasteiger partial charge in [-0.2, -0.15) is 5.10 Å². The van der Waals surface area contributed by atoms with Crippen molar-refractivity contribution in [3.05, 3.63) is 59.7 Å². The lowest BCUT2D eigenvalue weighted by Crippen LogP contribution is -2.16. The molecule has 7 nitrogen and oxygen atoms in total. The third-order valence-electron chi connectivity index (χ3n) is 3.58. The van der Waals surface area contributed by atoms with Crippen molar-refractivity contribution in [2.24, 2.45) is 0 Å². The van der Waals surface area contributed by atoms with Crippen molar-refractivity contribution in [1.82, 2.24) is 24.5 Å². The Hall–Kier alpha value is -2.96. The summed E-state index contributed by atoms with van der Waals surface area (Å²) in [5, 5.41) is 11.1. The number of aryl methyl sites for hydroxylation is 3. The topological polar surface area (TPSA) is 77.6 Å². The van der Waals surface area contributed by atoms with Crippen molar-refractivity contribution < 1.29 is 4.79 Å². The number of hydrogen-bond acceptors (Lipinski definition) is 4. The lowest BCUT2D eigenvalue weighted by molar-refractivity contribution is -0.116. The van der Waals surface area contributed by atoms with Crippen molar-refractivity contribution >= 4 is 11.9 Å². The Labute approximate surface area is 140 Å². The molecule has 3 aromatic rings. The van der Waals surface area contributed by atoms with E-state index < -0.39 is 0 Å². The fourth-order valence-corrected chi connectivity index (χ4v) is 2.30. The van der Waals surface area contributed by atoms with Crippen LogP contribution in [0.2, 0.25) is 0 Å². The minimum Gasteiger partial charge on any atom is -0.293 e. The van der Waals surface area contributed by atoms with Crippen LogP contribution in [0.15, 0.2) is 43.0 Å². The first-order valence-electron chi connectivity index (χ1n) is 7.82. The predicted molar refractivity (Wildman–Crippen MR) is 90.5 cm³/mol. The van der Waals surface area contributed by atoms with Gasteiger partial charge in [0.05, 0.1) is 12.7 Å². The Morgan fingerprint density at radius 2 is 1.92 bits per heavy atom. The molecule has 7 heteroatoms. The number of aromatic nitrogens is 5. The van der Waals surface area contributed by atoms with Gasteiger partial charge in [-0.15, -0.1) is 5.10 Å². The minimum absolute atomic E-state index is 0.128. The first-order chi connectivity index (χ1) is 11.6. The summed E-state index contributed by atoms with van der Waals surface area (Å²) in [4.78, 5) is 16.1. The van der Waals surface area contributed by atoms with Gasteiger partial charge < -0.3 is 0 Å². The van der Waals surface area contributed by atoms with Crippen LogP contribution in [0.25, 0.3) is 0 Å². The molecule has 0 bridgehead atoms. The van der Waals surface area contributed by atoms with E-state index in [9.17, 15) is 4.79 Å². The van der Waals surface area contributed by atoms with E-state index in [1.165, 1.54) is 5.56 Å². The normalized spacial score (nSPS) is 10.8. The van der Waals surface area contributed by atoms with Crippen molar-refractivity contribution in [1.29, 1.82) is 0 Å². The summed E-state index contributed by atoms with van der Waals surface area (Å²) < 4.78 is 3.45. The lowest BCUT2D eigenvalue weighted by atomic mass is 10.1. The second-order valence-corrected chi connectivity index (χ2v) is 5.83.